The molecule has 1 aromatic rings. The topological polar surface area (TPSA) is 37.4 Å². The highest BCUT2D eigenvalue weighted by Gasteiger charge is 2.25. The maximum absolute atomic E-state index is 13.2. The summed E-state index contributed by atoms with van der Waals surface area (Å²) in [4.78, 5) is -0.0220. The predicted molar refractivity (Wildman–Crippen MR) is 69.0 cm³/mol. The summed E-state index contributed by atoms with van der Waals surface area (Å²) in [5, 5.41) is 0. The van der Waals surface area contributed by atoms with E-state index in [1.807, 2.05) is 6.92 Å². The Balaban J connectivity index is 3.26. The summed E-state index contributed by atoms with van der Waals surface area (Å²) in [6.45, 7) is 3.80. The summed E-state index contributed by atoms with van der Waals surface area (Å²) in [6, 6.07) is 3.71. The van der Waals surface area contributed by atoms with Crippen molar-refractivity contribution in [2.75, 3.05) is 13.1 Å². The van der Waals surface area contributed by atoms with E-state index >= 15 is 0 Å². The van der Waals surface area contributed by atoms with Gasteiger partial charge in [0.2, 0.25) is 10.0 Å². The van der Waals surface area contributed by atoms with Crippen LogP contribution in [0.1, 0.15) is 18.9 Å². The summed E-state index contributed by atoms with van der Waals surface area (Å²) in [6.07, 6.45) is 5.82. The van der Waals surface area contributed by atoms with Gasteiger partial charge in [-0.1, -0.05) is 18.9 Å². The number of sulfonamides is 1. The fourth-order valence-corrected chi connectivity index (χ4v) is 3.31. The molecule has 0 aliphatic heterocycles. The molecule has 0 fully saturated rings. The van der Waals surface area contributed by atoms with Crippen LogP contribution in [0.2, 0.25) is 0 Å². The van der Waals surface area contributed by atoms with Crippen molar-refractivity contribution in [2.24, 2.45) is 0 Å². The van der Waals surface area contributed by atoms with Gasteiger partial charge < -0.3 is 0 Å². The molecule has 0 unspecified atom stereocenters. The zero-order valence-electron chi connectivity index (χ0n) is 10.5. The first-order valence-corrected chi connectivity index (χ1v) is 7.07. The molecule has 0 N–H and O–H groups in total. The molecule has 0 atom stereocenters. The number of hydrogen-bond acceptors (Lipinski definition) is 2. The lowest BCUT2D eigenvalue weighted by Gasteiger charge is -2.20. The normalized spacial score (nSPS) is 11.5. The second-order valence-corrected chi connectivity index (χ2v) is 5.86. The Bertz CT molecular complexity index is 561. The van der Waals surface area contributed by atoms with Crippen LogP contribution in [0, 0.1) is 25.1 Å². The average molecular weight is 269 g/mol. The van der Waals surface area contributed by atoms with E-state index in [0.717, 1.165) is 6.07 Å². The molecule has 3 nitrogen and oxygen atoms in total. The van der Waals surface area contributed by atoms with Crippen molar-refractivity contribution < 1.29 is 12.8 Å². The number of aryl methyl sites for hydroxylation is 1. The first kappa shape index (κ1) is 14.7. The Labute approximate surface area is 108 Å². The maximum atomic E-state index is 13.2. The molecule has 0 aliphatic carbocycles. The highest BCUT2D eigenvalue weighted by atomic mass is 32.2. The summed E-state index contributed by atoms with van der Waals surface area (Å²) in [5.74, 6) is 1.74. The molecule has 0 aliphatic rings. The van der Waals surface area contributed by atoms with Crippen LogP contribution in [0.5, 0.6) is 0 Å². The average Bonchev–Trinajstić information content (AvgIpc) is 2.32. The molecular weight excluding hydrogens is 253 g/mol. The molecule has 5 heteroatoms. The van der Waals surface area contributed by atoms with Gasteiger partial charge in [0.1, 0.15) is 5.82 Å². The van der Waals surface area contributed by atoms with Gasteiger partial charge in [0, 0.05) is 6.54 Å². The minimum absolute atomic E-state index is 0.00781. The van der Waals surface area contributed by atoms with Crippen LogP contribution < -0.4 is 0 Å². The van der Waals surface area contributed by atoms with Crippen molar-refractivity contribution >= 4 is 10.0 Å². The van der Waals surface area contributed by atoms with Crippen molar-refractivity contribution in [3.8, 4) is 12.3 Å². The molecule has 0 bridgehead atoms. The van der Waals surface area contributed by atoms with Gasteiger partial charge in [-0.3, -0.25) is 0 Å². The molecule has 98 valence electrons. The minimum Gasteiger partial charge on any atom is -0.207 e. The fraction of sp³-hybridized carbons (Fsp3) is 0.385. The highest BCUT2D eigenvalue weighted by molar-refractivity contribution is 7.89. The number of hydrogen-bond donors (Lipinski definition) is 0. The van der Waals surface area contributed by atoms with E-state index in [-0.39, 0.29) is 11.4 Å². The van der Waals surface area contributed by atoms with E-state index in [9.17, 15) is 12.8 Å². The molecule has 0 saturated carbocycles. The van der Waals surface area contributed by atoms with Crippen molar-refractivity contribution in [3.05, 3.63) is 29.6 Å². The van der Waals surface area contributed by atoms with Crippen molar-refractivity contribution in [3.63, 3.8) is 0 Å². The van der Waals surface area contributed by atoms with E-state index in [1.165, 1.54) is 16.4 Å². The Kier molecular flexibility index (Phi) is 4.88. The summed E-state index contributed by atoms with van der Waals surface area (Å²) in [5.41, 5.74) is 0.509. The van der Waals surface area contributed by atoms with Crippen LogP contribution in [0.4, 0.5) is 4.39 Å². The van der Waals surface area contributed by atoms with Gasteiger partial charge in [0.05, 0.1) is 11.4 Å². The zero-order valence-corrected chi connectivity index (χ0v) is 11.3. The number of terminal acetylenes is 1. The molecule has 0 saturated heterocycles. The van der Waals surface area contributed by atoms with Crippen LogP contribution in [0.15, 0.2) is 23.1 Å². The first-order chi connectivity index (χ1) is 8.43. The Hall–Kier alpha value is -1.38. The van der Waals surface area contributed by atoms with Crippen LogP contribution >= 0.6 is 0 Å². The Morgan fingerprint density at radius 2 is 2.11 bits per heavy atom. The minimum atomic E-state index is -3.73. The fourth-order valence-electron chi connectivity index (χ4n) is 1.63. The smallest absolute Gasteiger partial charge is 0.207 e. The number of benzene rings is 1. The molecule has 0 radical (unpaired) electrons. The van der Waals surface area contributed by atoms with Crippen LogP contribution in [-0.4, -0.2) is 25.8 Å². The van der Waals surface area contributed by atoms with Gasteiger partial charge in [0.25, 0.3) is 0 Å². The van der Waals surface area contributed by atoms with Crippen molar-refractivity contribution in [2.45, 2.75) is 25.2 Å². The third-order valence-electron chi connectivity index (χ3n) is 2.51. The SMILES string of the molecule is C#CCN(CCC)S(=O)(=O)c1cc(F)ccc1C. The third-order valence-corrected chi connectivity index (χ3v) is 4.50. The zero-order chi connectivity index (χ0) is 13.8. The van der Waals surface area contributed by atoms with Crippen LogP contribution in [-0.2, 0) is 10.0 Å². The second kappa shape index (κ2) is 5.98. The van der Waals surface area contributed by atoms with Gasteiger partial charge >= 0.3 is 0 Å². The number of rotatable bonds is 5. The second-order valence-electron chi connectivity index (χ2n) is 3.95. The van der Waals surface area contributed by atoms with Gasteiger partial charge in [-0.2, -0.15) is 4.31 Å². The van der Waals surface area contributed by atoms with E-state index in [0.29, 0.717) is 18.5 Å². The predicted octanol–water partition coefficient (Wildman–Crippen LogP) is 2.17. The third kappa shape index (κ3) is 3.09. The monoisotopic (exact) mass is 269 g/mol. The Morgan fingerprint density at radius 1 is 1.44 bits per heavy atom. The summed E-state index contributed by atoms with van der Waals surface area (Å²) in [7, 11) is -3.73. The van der Waals surface area contributed by atoms with Crippen LogP contribution in [0.25, 0.3) is 0 Å². The van der Waals surface area contributed by atoms with E-state index in [2.05, 4.69) is 5.92 Å². The van der Waals surface area contributed by atoms with Crippen molar-refractivity contribution in [1.82, 2.24) is 4.31 Å². The molecule has 0 spiro atoms. The van der Waals surface area contributed by atoms with Gasteiger partial charge in [0.15, 0.2) is 0 Å². The lowest BCUT2D eigenvalue weighted by Crippen LogP contribution is -2.32. The van der Waals surface area contributed by atoms with E-state index in [1.54, 1.807) is 6.92 Å². The largest absolute Gasteiger partial charge is 0.244 e. The van der Waals surface area contributed by atoms with E-state index in [4.69, 9.17) is 6.42 Å². The molecule has 1 aromatic carbocycles. The quantitative estimate of drug-likeness (QED) is 0.768. The Morgan fingerprint density at radius 3 is 2.67 bits per heavy atom. The lowest BCUT2D eigenvalue weighted by molar-refractivity contribution is 0.444. The highest BCUT2D eigenvalue weighted by Crippen LogP contribution is 2.20. The summed E-state index contributed by atoms with van der Waals surface area (Å²) < 4.78 is 39.1. The molecular formula is C13H16FNO2S. The van der Waals surface area contributed by atoms with Gasteiger partial charge in [-0.15, -0.1) is 6.42 Å². The number of halogens is 1. The first-order valence-electron chi connectivity index (χ1n) is 5.63. The van der Waals surface area contributed by atoms with Gasteiger partial charge in [-0.05, 0) is 31.0 Å². The molecule has 1 rings (SSSR count). The molecule has 0 heterocycles. The lowest BCUT2D eigenvalue weighted by atomic mass is 10.2. The number of nitrogens with zero attached hydrogens (tertiary/aromatic N) is 1. The maximum Gasteiger partial charge on any atom is 0.244 e. The standard InChI is InChI=1S/C13H16FNO2S/c1-4-8-15(9-5-2)18(16,17)13-10-12(14)7-6-11(13)3/h1,6-7,10H,5,8-9H2,2-3H3. The molecule has 0 aromatic heterocycles. The molecule has 18 heavy (non-hydrogen) atoms. The van der Waals surface area contributed by atoms with Crippen molar-refractivity contribution in [1.29, 1.82) is 0 Å². The van der Waals surface area contributed by atoms with Gasteiger partial charge in [-0.25, -0.2) is 12.8 Å². The molecule has 0 amide bonds. The van der Waals surface area contributed by atoms with E-state index < -0.39 is 15.8 Å². The summed E-state index contributed by atoms with van der Waals surface area (Å²) >= 11 is 0. The van der Waals surface area contributed by atoms with Crippen LogP contribution in [0.3, 0.4) is 0 Å².